The largest absolute Gasteiger partial charge is 0.493 e. The Kier molecular flexibility index (Phi) is 8.39. The van der Waals surface area contributed by atoms with Crippen LogP contribution in [0.3, 0.4) is 0 Å². The average Bonchev–Trinajstić information content (AvgIpc) is 3.15. The van der Waals surface area contributed by atoms with E-state index in [0.29, 0.717) is 12.6 Å². The standard InChI is InChI=1S/C19H31N3O3/c1-20-19(21-12-7-13-23-2)22-14-15-8-6-11-17(24-3)18(15)25-16-9-4-5-10-16/h6,8,11,16H,4-5,7,9-10,12-14H2,1-3H3,(H2,20,21,22). The minimum absolute atomic E-state index is 0.293. The number of nitrogens with zero attached hydrogens (tertiary/aromatic N) is 1. The summed E-state index contributed by atoms with van der Waals surface area (Å²) < 4.78 is 16.8. The quantitative estimate of drug-likeness (QED) is 0.408. The van der Waals surface area contributed by atoms with Gasteiger partial charge in [0.2, 0.25) is 0 Å². The fourth-order valence-electron chi connectivity index (χ4n) is 2.99. The molecule has 140 valence electrons. The lowest BCUT2D eigenvalue weighted by atomic mass is 10.1. The van der Waals surface area contributed by atoms with Crippen LogP contribution < -0.4 is 20.1 Å². The molecule has 0 radical (unpaired) electrons. The highest BCUT2D eigenvalue weighted by atomic mass is 16.5. The molecular formula is C19H31N3O3. The van der Waals surface area contributed by atoms with Crippen LogP contribution in [0.1, 0.15) is 37.7 Å². The molecule has 0 amide bonds. The maximum atomic E-state index is 6.27. The first kappa shape index (κ1) is 19.4. The maximum absolute atomic E-state index is 6.27. The monoisotopic (exact) mass is 349 g/mol. The minimum atomic E-state index is 0.293. The van der Waals surface area contributed by atoms with Gasteiger partial charge in [0, 0.05) is 39.4 Å². The van der Waals surface area contributed by atoms with Crippen molar-refractivity contribution in [3.63, 3.8) is 0 Å². The first-order valence-electron chi connectivity index (χ1n) is 9.04. The molecule has 2 N–H and O–H groups in total. The van der Waals surface area contributed by atoms with Gasteiger partial charge in [0.05, 0.1) is 13.2 Å². The highest BCUT2D eigenvalue weighted by molar-refractivity contribution is 5.79. The Morgan fingerprint density at radius 3 is 2.68 bits per heavy atom. The number of methoxy groups -OCH3 is 2. The number of aliphatic imine (C=N–C) groups is 1. The zero-order chi connectivity index (χ0) is 17.9. The normalized spacial score (nSPS) is 15.2. The molecule has 0 atom stereocenters. The van der Waals surface area contributed by atoms with Crippen molar-refractivity contribution >= 4 is 5.96 Å². The lowest BCUT2D eigenvalue weighted by Crippen LogP contribution is -2.37. The SMILES string of the molecule is CN=C(NCCCOC)NCc1cccc(OC)c1OC1CCCC1. The molecule has 0 spiro atoms. The summed E-state index contributed by atoms with van der Waals surface area (Å²) in [5, 5.41) is 6.62. The Morgan fingerprint density at radius 1 is 1.20 bits per heavy atom. The summed E-state index contributed by atoms with van der Waals surface area (Å²) in [6, 6.07) is 6.01. The molecule has 0 saturated heterocycles. The molecule has 0 unspecified atom stereocenters. The molecule has 1 saturated carbocycles. The highest BCUT2D eigenvalue weighted by Gasteiger charge is 2.20. The van der Waals surface area contributed by atoms with E-state index in [1.165, 1.54) is 12.8 Å². The van der Waals surface area contributed by atoms with Gasteiger partial charge in [-0.25, -0.2) is 0 Å². The van der Waals surface area contributed by atoms with E-state index in [4.69, 9.17) is 14.2 Å². The minimum Gasteiger partial charge on any atom is -0.493 e. The molecule has 1 aliphatic carbocycles. The van der Waals surface area contributed by atoms with Crippen LogP contribution in [-0.2, 0) is 11.3 Å². The summed E-state index contributed by atoms with van der Waals surface area (Å²) in [5.41, 5.74) is 1.08. The summed E-state index contributed by atoms with van der Waals surface area (Å²) in [6.45, 7) is 2.18. The van der Waals surface area contributed by atoms with Gasteiger partial charge in [0.15, 0.2) is 17.5 Å². The third-order valence-electron chi connectivity index (χ3n) is 4.35. The Morgan fingerprint density at radius 2 is 2.00 bits per heavy atom. The predicted molar refractivity (Wildman–Crippen MR) is 101 cm³/mol. The summed E-state index contributed by atoms with van der Waals surface area (Å²) in [6.07, 6.45) is 5.95. The van der Waals surface area contributed by atoms with Crippen molar-refractivity contribution in [2.45, 2.75) is 44.8 Å². The lowest BCUT2D eigenvalue weighted by molar-refractivity contribution is 0.195. The highest BCUT2D eigenvalue weighted by Crippen LogP contribution is 2.34. The second kappa shape index (κ2) is 10.8. The smallest absolute Gasteiger partial charge is 0.191 e. The van der Waals surface area contributed by atoms with Crippen molar-refractivity contribution < 1.29 is 14.2 Å². The molecule has 0 bridgehead atoms. The van der Waals surface area contributed by atoms with Crippen molar-refractivity contribution in [1.82, 2.24) is 10.6 Å². The van der Waals surface area contributed by atoms with Crippen LogP contribution in [0.4, 0.5) is 0 Å². The summed E-state index contributed by atoms with van der Waals surface area (Å²) in [4.78, 5) is 4.26. The molecule has 0 aromatic heterocycles. The Bertz CT molecular complexity index is 543. The zero-order valence-electron chi connectivity index (χ0n) is 15.6. The first-order valence-corrected chi connectivity index (χ1v) is 9.04. The molecular weight excluding hydrogens is 318 g/mol. The van der Waals surface area contributed by atoms with Crippen molar-refractivity contribution in [3.8, 4) is 11.5 Å². The number of guanidine groups is 1. The van der Waals surface area contributed by atoms with Gasteiger partial charge >= 0.3 is 0 Å². The van der Waals surface area contributed by atoms with Gasteiger partial charge in [0.1, 0.15) is 0 Å². The summed E-state index contributed by atoms with van der Waals surface area (Å²) >= 11 is 0. The average molecular weight is 349 g/mol. The van der Waals surface area contributed by atoms with Crippen LogP contribution in [0.15, 0.2) is 23.2 Å². The molecule has 25 heavy (non-hydrogen) atoms. The summed E-state index contributed by atoms with van der Waals surface area (Å²) in [5.74, 6) is 2.40. The molecule has 0 aliphatic heterocycles. The van der Waals surface area contributed by atoms with Crippen LogP contribution in [0, 0.1) is 0 Å². The fourth-order valence-corrected chi connectivity index (χ4v) is 2.99. The first-order chi connectivity index (χ1) is 12.3. The van der Waals surface area contributed by atoms with E-state index in [1.54, 1.807) is 21.3 Å². The van der Waals surface area contributed by atoms with Gasteiger partial charge in [-0.1, -0.05) is 12.1 Å². The number of benzene rings is 1. The number of rotatable bonds is 9. The maximum Gasteiger partial charge on any atom is 0.191 e. The summed E-state index contributed by atoms with van der Waals surface area (Å²) in [7, 11) is 5.17. The molecule has 1 aromatic carbocycles. The van der Waals surface area contributed by atoms with Crippen molar-refractivity contribution in [3.05, 3.63) is 23.8 Å². The van der Waals surface area contributed by atoms with E-state index in [1.807, 2.05) is 12.1 Å². The van der Waals surface area contributed by atoms with E-state index in [-0.39, 0.29) is 0 Å². The van der Waals surface area contributed by atoms with E-state index < -0.39 is 0 Å². The molecule has 0 heterocycles. The fraction of sp³-hybridized carbons (Fsp3) is 0.632. The van der Waals surface area contributed by atoms with E-state index >= 15 is 0 Å². The molecule has 6 nitrogen and oxygen atoms in total. The van der Waals surface area contributed by atoms with E-state index in [9.17, 15) is 0 Å². The van der Waals surface area contributed by atoms with Crippen LogP contribution in [0.2, 0.25) is 0 Å². The number of nitrogens with one attached hydrogen (secondary N) is 2. The topological polar surface area (TPSA) is 64.1 Å². The van der Waals surface area contributed by atoms with Gasteiger partial charge in [0.25, 0.3) is 0 Å². The Hall–Kier alpha value is -1.95. The molecule has 1 aromatic rings. The van der Waals surface area contributed by atoms with Crippen LogP contribution in [0.25, 0.3) is 0 Å². The Balaban J connectivity index is 1.97. The number of para-hydroxylation sites is 1. The second-order valence-electron chi connectivity index (χ2n) is 6.17. The number of hydrogen-bond donors (Lipinski definition) is 2. The van der Waals surface area contributed by atoms with E-state index in [0.717, 1.165) is 55.4 Å². The van der Waals surface area contributed by atoms with Crippen molar-refractivity contribution in [2.24, 2.45) is 4.99 Å². The van der Waals surface area contributed by atoms with E-state index in [2.05, 4.69) is 21.7 Å². The van der Waals surface area contributed by atoms with Gasteiger partial charge in [-0.05, 0) is 38.2 Å². The van der Waals surface area contributed by atoms with Crippen LogP contribution in [-0.4, -0.2) is 46.5 Å². The zero-order valence-corrected chi connectivity index (χ0v) is 15.6. The molecule has 1 fully saturated rings. The second-order valence-corrected chi connectivity index (χ2v) is 6.17. The van der Waals surface area contributed by atoms with Crippen LogP contribution in [0.5, 0.6) is 11.5 Å². The third-order valence-corrected chi connectivity index (χ3v) is 4.35. The lowest BCUT2D eigenvalue weighted by Gasteiger charge is -2.20. The Labute approximate surface area is 151 Å². The molecule has 2 rings (SSSR count). The third kappa shape index (κ3) is 6.12. The molecule has 6 heteroatoms. The number of ether oxygens (including phenoxy) is 3. The number of hydrogen-bond acceptors (Lipinski definition) is 4. The van der Waals surface area contributed by atoms with Gasteiger partial charge in [-0.3, -0.25) is 4.99 Å². The van der Waals surface area contributed by atoms with Gasteiger partial charge < -0.3 is 24.8 Å². The van der Waals surface area contributed by atoms with Crippen molar-refractivity contribution in [2.75, 3.05) is 34.4 Å². The predicted octanol–water partition coefficient (Wildman–Crippen LogP) is 2.72. The van der Waals surface area contributed by atoms with Crippen molar-refractivity contribution in [1.29, 1.82) is 0 Å². The van der Waals surface area contributed by atoms with Gasteiger partial charge in [-0.2, -0.15) is 0 Å². The van der Waals surface area contributed by atoms with Gasteiger partial charge in [-0.15, -0.1) is 0 Å². The van der Waals surface area contributed by atoms with Crippen LogP contribution >= 0.6 is 0 Å². The molecule has 1 aliphatic rings.